The first-order chi connectivity index (χ1) is 8.33. The van der Waals surface area contributed by atoms with Crippen LogP contribution in [-0.2, 0) is 4.74 Å². The normalized spacial score (nSPS) is 16.4. The molecule has 1 aliphatic heterocycles. The third-order valence-electron chi connectivity index (χ3n) is 2.91. The maximum atomic E-state index is 5.80. The van der Waals surface area contributed by atoms with E-state index in [1.54, 1.807) is 6.20 Å². The Bertz CT molecular complexity index is 540. The van der Waals surface area contributed by atoms with Gasteiger partial charge in [-0.15, -0.1) is 0 Å². The Kier molecular flexibility index (Phi) is 2.82. The molecule has 0 spiro atoms. The van der Waals surface area contributed by atoms with Crippen molar-refractivity contribution in [1.82, 2.24) is 9.97 Å². The van der Waals surface area contributed by atoms with Crippen molar-refractivity contribution in [3.63, 3.8) is 0 Å². The average molecular weight is 250 g/mol. The lowest BCUT2D eigenvalue weighted by Crippen LogP contribution is -2.36. The van der Waals surface area contributed by atoms with E-state index < -0.39 is 0 Å². The van der Waals surface area contributed by atoms with E-state index in [0.29, 0.717) is 0 Å². The summed E-state index contributed by atoms with van der Waals surface area (Å²) in [4.78, 5) is 10.5. The number of anilines is 1. The zero-order chi connectivity index (χ0) is 11.7. The molecular weight excluding hydrogens is 238 g/mol. The molecule has 1 saturated heterocycles. The second kappa shape index (κ2) is 4.47. The maximum Gasteiger partial charge on any atom is 0.222 e. The zero-order valence-electron chi connectivity index (χ0n) is 9.27. The first kappa shape index (κ1) is 10.7. The minimum atomic E-state index is 0.289. The number of aromatic nitrogens is 2. The molecular formula is C12H12ClN3O. The van der Waals surface area contributed by atoms with Crippen molar-refractivity contribution in [2.24, 2.45) is 0 Å². The van der Waals surface area contributed by atoms with Gasteiger partial charge in [0.1, 0.15) is 0 Å². The highest BCUT2D eigenvalue weighted by atomic mass is 35.5. The molecule has 0 unspecified atom stereocenters. The van der Waals surface area contributed by atoms with Crippen LogP contribution in [0, 0.1) is 0 Å². The van der Waals surface area contributed by atoms with Crippen molar-refractivity contribution in [3.05, 3.63) is 29.7 Å². The van der Waals surface area contributed by atoms with E-state index in [1.165, 1.54) is 0 Å². The molecule has 2 aromatic rings. The molecule has 0 saturated carbocycles. The standard InChI is InChI=1S/C12H12ClN3O/c13-12-14-8-9-1-2-10(7-11(9)15-12)16-3-5-17-6-4-16/h1-2,7-8H,3-6H2. The SMILES string of the molecule is Clc1ncc2ccc(N3CCOCC3)cc2n1. The highest BCUT2D eigenvalue weighted by Gasteiger charge is 2.11. The number of hydrogen-bond donors (Lipinski definition) is 0. The van der Waals surface area contributed by atoms with Gasteiger partial charge in [0, 0.05) is 30.4 Å². The van der Waals surface area contributed by atoms with Crippen molar-refractivity contribution in [3.8, 4) is 0 Å². The highest BCUT2D eigenvalue weighted by molar-refractivity contribution is 6.28. The molecule has 0 bridgehead atoms. The fourth-order valence-electron chi connectivity index (χ4n) is 2.01. The van der Waals surface area contributed by atoms with Gasteiger partial charge < -0.3 is 9.64 Å². The summed E-state index contributed by atoms with van der Waals surface area (Å²) in [5.41, 5.74) is 2.05. The molecule has 1 aromatic carbocycles. The van der Waals surface area contributed by atoms with Gasteiger partial charge >= 0.3 is 0 Å². The van der Waals surface area contributed by atoms with Crippen LogP contribution in [-0.4, -0.2) is 36.3 Å². The van der Waals surface area contributed by atoms with Gasteiger partial charge in [-0.2, -0.15) is 0 Å². The summed E-state index contributed by atoms with van der Waals surface area (Å²) >= 11 is 5.80. The summed E-state index contributed by atoms with van der Waals surface area (Å²) in [5, 5.41) is 1.29. The van der Waals surface area contributed by atoms with E-state index in [2.05, 4.69) is 20.9 Å². The molecule has 0 aliphatic carbocycles. The third kappa shape index (κ3) is 2.18. The van der Waals surface area contributed by atoms with Crippen molar-refractivity contribution < 1.29 is 4.74 Å². The van der Waals surface area contributed by atoms with Gasteiger partial charge in [0.25, 0.3) is 0 Å². The molecule has 88 valence electrons. The van der Waals surface area contributed by atoms with Crippen LogP contribution in [0.15, 0.2) is 24.4 Å². The average Bonchev–Trinajstić information content (AvgIpc) is 2.39. The quantitative estimate of drug-likeness (QED) is 0.726. The number of rotatable bonds is 1. The van der Waals surface area contributed by atoms with E-state index in [-0.39, 0.29) is 5.28 Å². The number of nitrogens with zero attached hydrogens (tertiary/aromatic N) is 3. The lowest BCUT2D eigenvalue weighted by molar-refractivity contribution is 0.122. The fraction of sp³-hybridized carbons (Fsp3) is 0.333. The Morgan fingerprint density at radius 2 is 2.06 bits per heavy atom. The van der Waals surface area contributed by atoms with Crippen LogP contribution < -0.4 is 4.90 Å². The van der Waals surface area contributed by atoms with Crippen LogP contribution >= 0.6 is 11.6 Å². The predicted octanol–water partition coefficient (Wildman–Crippen LogP) is 2.12. The zero-order valence-corrected chi connectivity index (χ0v) is 10.0. The Labute approximate surface area is 104 Å². The molecule has 5 heteroatoms. The van der Waals surface area contributed by atoms with Crippen LogP contribution in [0.25, 0.3) is 10.9 Å². The summed E-state index contributed by atoms with van der Waals surface area (Å²) in [7, 11) is 0. The van der Waals surface area contributed by atoms with Crippen LogP contribution in [0.5, 0.6) is 0 Å². The largest absolute Gasteiger partial charge is 0.378 e. The first-order valence-electron chi connectivity index (χ1n) is 5.58. The van der Waals surface area contributed by atoms with Crippen LogP contribution in [0.2, 0.25) is 5.28 Å². The second-order valence-corrected chi connectivity index (χ2v) is 4.32. The number of fused-ring (bicyclic) bond motifs is 1. The molecule has 0 N–H and O–H groups in total. The molecule has 0 atom stereocenters. The van der Waals surface area contributed by atoms with Crippen molar-refractivity contribution in [2.75, 3.05) is 31.2 Å². The molecule has 1 aromatic heterocycles. The molecule has 4 nitrogen and oxygen atoms in total. The Morgan fingerprint density at radius 1 is 1.24 bits per heavy atom. The minimum Gasteiger partial charge on any atom is -0.378 e. The number of morpholine rings is 1. The molecule has 1 aliphatic rings. The van der Waals surface area contributed by atoms with Gasteiger partial charge in [-0.05, 0) is 29.8 Å². The third-order valence-corrected chi connectivity index (χ3v) is 3.10. The molecule has 17 heavy (non-hydrogen) atoms. The first-order valence-corrected chi connectivity index (χ1v) is 5.96. The van der Waals surface area contributed by atoms with Gasteiger partial charge in [0.2, 0.25) is 5.28 Å². The molecule has 0 amide bonds. The Hall–Kier alpha value is -1.39. The summed E-state index contributed by atoms with van der Waals surface area (Å²) in [6.45, 7) is 3.40. The summed E-state index contributed by atoms with van der Waals surface area (Å²) < 4.78 is 5.34. The van der Waals surface area contributed by atoms with Gasteiger partial charge in [-0.3, -0.25) is 0 Å². The molecule has 0 radical (unpaired) electrons. The highest BCUT2D eigenvalue weighted by Crippen LogP contribution is 2.22. The molecule has 1 fully saturated rings. The van der Waals surface area contributed by atoms with Crippen LogP contribution in [0.3, 0.4) is 0 Å². The van der Waals surface area contributed by atoms with Gasteiger partial charge in [0.05, 0.1) is 18.7 Å². The number of benzene rings is 1. The smallest absolute Gasteiger partial charge is 0.222 e. The minimum absolute atomic E-state index is 0.289. The Morgan fingerprint density at radius 3 is 2.88 bits per heavy atom. The van der Waals surface area contributed by atoms with Crippen molar-refractivity contribution in [2.45, 2.75) is 0 Å². The number of hydrogen-bond acceptors (Lipinski definition) is 4. The number of ether oxygens (including phenoxy) is 1. The van der Waals surface area contributed by atoms with Crippen LogP contribution in [0.1, 0.15) is 0 Å². The maximum absolute atomic E-state index is 5.80. The van der Waals surface area contributed by atoms with Crippen molar-refractivity contribution >= 4 is 28.2 Å². The molecule has 2 heterocycles. The van der Waals surface area contributed by atoms with Gasteiger partial charge in [-0.1, -0.05) is 0 Å². The van der Waals surface area contributed by atoms with E-state index in [9.17, 15) is 0 Å². The molecule has 3 rings (SSSR count). The fourth-order valence-corrected chi connectivity index (χ4v) is 2.15. The monoisotopic (exact) mass is 249 g/mol. The van der Waals surface area contributed by atoms with E-state index in [4.69, 9.17) is 16.3 Å². The van der Waals surface area contributed by atoms with Crippen LogP contribution in [0.4, 0.5) is 5.69 Å². The van der Waals surface area contributed by atoms with Gasteiger partial charge in [0.15, 0.2) is 0 Å². The second-order valence-electron chi connectivity index (χ2n) is 3.98. The lowest BCUT2D eigenvalue weighted by atomic mass is 10.2. The predicted molar refractivity (Wildman–Crippen MR) is 67.6 cm³/mol. The van der Waals surface area contributed by atoms with Gasteiger partial charge in [-0.25, -0.2) is 9.97 Å². The Balaban J connectivity index is 1.99. The van der Waals surface area contributed by atoms with E-state index in [0.717, 1.165) is 42.9 Å². The topological polar surface area (TPSA) is 38.2 Å². The van der Waals surface area contributed by atoms with Crippen molar-refractivity contribution in [1.29, 1.82) is 0 Å². The summed E-state index contributed by atoms with van der Waals surface area (Å²) in [5.74, 6) is 0. The van der Waals surface area contributed by atoms with E-state index in [1.807, 2.05) is 12.1 Å². The van der Waals surface area contributed by atoms with E-state index >= 15 is 0 Å². The summed E-state index contributed by atoms with van der Waals surface area (Å²) in [6.07, 6.45) is 1.74. The number of halogens is 1. The summed E-state index contributed by atoms with van der Waals surface area (Å²) in [6, 6.07) is 6.16. The lowest BCUT2D eigenvalue weighted by Gasteiger charge is -2.28.